The SMILES string of the molecule is NC(O)c1cc(CN2CCNCC2)cc(-c2ccc(Oc3ccc(F)cc3)cc2)n1. The van der Waals surface area contributed by atoms with Gasteiger partial charge in [-0.2, -0.15) is 0 Å². The number of nitrogens with one attached hydrogen (secondary N) is 1. The fourth-order valence-electron chi connectivity index (χ4n) is 3.46. The third-order valence-corrected chi connectivity index (χ3v) is 5.02. The molecule has 1 atom stereocenters. The van der Waals surface area contributed by atoms with Crippen LogP contribution >= 0.6 is 0 Å². The van der Waals surface area contributed by atoms with Crippen LogP contribution in [0.25, 0.3) is 11.3 Å². The molecule has 0 amide bonds. The molecule has 1 saturated heterocycles. The predicted octanol–water partition coefficient (Wildman–Crippen LogP) is 3.03. The Morgan fingerprint density at radius 2 is 1.67 bits per heavy atom. The highest BCUT2D eigenvalue weighted by Gasteiger charge is 2.14. The number of aliphatic hydroxyl groups excluding tert-OH is 1. The molecule has 156 valence electrons. The van der Waals surface area contributed by atoms with E-state index >= 15 is 0 Å². The molecule has 30 heavy (non-hydrogen) atoms. The van der Waals surface area contributed by atoms with Crippen molar-refractivity contribution < 1.29 is 14.2 Å². The third kappa shape index (κ3) is 5.20. The number of pyridine rings is 1. The summed E-state index contributed by atoms with van der Waals surface area (Å²) in [5, 5.41) is 13.2. The van der Waals surface area contributed by atoms with Gasteiger partial charge in [-0.25, -0.2) is 9.37 Å². The molecule has 6 nitrogen and oxygen atoms in total. The van der Waals surface area contributed by atoms with E-state index in [1.807, 2.05) is 36.4 Å². The van der Waals surface area contributed by atoms with Crippen LogP contribution in [-0.4, -0.2) is 41.2 Å². The van der Waals surface area contributed by atoms with Crippen molar-refractivity contribution in [3.8, 4) is 22.8 Å². The van der Waals surface area contributed by atoms with Gasteiger partial charge in [-0.05, 0) is 66.2 Å². The Hall–Kier alpha value is -2.84. The molecule has 1 fully saturated rings. The molecule has 0 bridgehead atoms. The standard InChI is InChI=1S/C23H25FN4O2/c24-18-3-7-20(8-4-18)30-19-5-1-17(2-6-19)21-13-16(14-22(27-21)23(25)29)15-28-11-9-26-10-12-28/h1-8,13-14,23,26,29H,9-12,15,25H2. The highest BCUT2D eigenvalue weighted by molar-refractivity contribution is 5.61. The Bertz CT molecular complexity index is 971. The average Bonchev–Trinajstić information content (AvgIpc) is 2.76. The third-order valence-electron chi connectivity index (χ3n) is 5.02. The maximum atomic E-state index is 13.0. The van der Waals surface area contributed by atoms with Crippen LogP contribution in [0.3, 0.4) is 0 Å². The highest BCUT2D eigenvalue weighted by atomic mass is 19.1. The minimum absolute atomic E-state index is 0.303. The Labute approximate surface area is 175 Å². The molecule has 0 spiro atoms. The topological polar surface area (TPSA) is 83.6 Å². The number of hydrogen-bond donors (Lipinski definition) is 3. The lowest BCUT2D eigenvalue weighted by Crippen LogP contribution is -2.42. The van der Waals surface area contributed by atoms with Crippen molar-refractivity contribution in [2.24, 2.45) is 5.73 Å². The molecule has 1 aliphatic heterocycles. The molecule has 0 aliphatic carbocycles. The van der Waals surface area contributed by atoms with E-state index in [-0.39, 0.29) is 5.82 Å². The first-order chi connectivity index (χ1) is 14.6. The van der Waals surface area contributed by atoms with Gasteiger partial charge in [0.1, 0.15) is 23.5 Å². The van der Waals surface area contributed by atoms with E-state index in [1.54, 1.807) is 12.1 Å². The summed E-state index contributed by atoms with van der Waals surface area (Å²) >= 11 is 0. The van der Waals surface area contributed by atoms with Gasteiger partial charge in [-0.3, -0.25) is 4.90 Å². The van der Waals surface area contributed by atoms with Crippen molar-refractivity contribution in [3.63, 3.8) is 0 Å². The molecule has 1 aliphatic rings. The first kappa shape index (κ1) is 20.4. The number of rotatable bonds is 6. The molecule has 2 aromatic carbocycles. The summed E-state index contributed by atoms with van der Waals surface area (Å²) in [6.45, 7) is 4.68. The molecule has 0 saturated carbocycles. The number of aromatic nitrogens is 1. The summed E-state index contributed by atoms with van der Waals surface area (Å²) < 4.78 is 18.8. The summed E-state index contributed by atoms with van der Waals surface area (Å²) in [6.07, 6.45) is -1.13. The minimum Gasteiger partial charge on any atom is -0.457 e. The van der Waals surface area contributed by atoms with Crippen LogP contribution in [-0.2, 0) is 6.54 Å². The van der Waals surface area contributed by atoms with Crippen molar-refractivity contribution in [2.75, 3.05) is 26.2 Å². The summed E-state index contributed by atoms with van der Waals surface area (Å²) in [5.74, 6) is 0.901. The lowest BCUT2D eigenvalue weighted by Gasteiger charge is -2.27. The first-order valence-corrected chi connectivity index (χ1v) is 9.98. The molecular weight excluding hydrogens is 383 g/mol. The van der Waals surface area contributed by atoms with Gasteiger partial charge in [0.25, 0.3) is 0 Å². The van der Waals surface area contributed by atoms with E-state index in [4.69, 9.17) is 10.5 Å². The van der Waals surface area contributed by atoms with Gasteiger partial charge in [0.05, 0.1) is 11.4 Å². The van der Waals surface area contributed by atoms with Crippen molar-refractivity contribution in [3.05, 3.63) is 77.7 Å². The van der Waals surface area contributed by atoms with Gasteiger partial charge < -0.3 is 20.9 Å². The number of benzene rings is 2. The largest absolute Gasteiger partial charge is 0.457 e. The Balaban J connectivity index is 1.54. The molecule has 2 heterocycles. The Morgan fingerprint density at radius 3 is 2.30 bits per heavy atom. The summed E-state index contributed by atoms with van der Waals surface area (Å²) in [6, 6.07) is 17.3. The molecule has 1 aromatic heterocycles. The lowest BCUT2D eigenvalue weighted by atomic mass is 10.1. The number of piperazine rings is 1. The van der Waals surface area contributed by atoms with E-state index in [1.165, 1.54) is 12.1 Å². The fourth-order valence-corrected chi connectivity index (χ4v) is 3.46. The number of nitrogens with zero attached hydrogens (tertiary/aromatic N) is 2. The second kappa shape index (κ2) is 9.32. The van der Waals surface area contributed by atoms with Crippen LogP contribution in [0.5, 0.6) is 11.5 Å². The van der Waals surface area contributed by atoms with Crippen LogP contribution in [0.1, 0.15) is 17.5 Å². The van der Waals surface area contributed by atoms with Crippen LogP contribution in [0.15, 0.2) is 60.7 Å². The van der Waals surface area contributed by atoms with E-state index < -0.39 is 6.23 Å². The van der Waals surface area contributed by atoms with Crippen LogP contribution < -0.4 is 15.8 Å². The van der Waals surface area contributed by atoms with Gasteiger partial charge in [-0.15, -0.1) is 0 Å². The van der Waals surface area contributed by atoms with E-state index in [0.717, 1.165) is 49.5 Å². The van der Waals surface area contributed by atoms with Gasteiger partial charge in [0, 0.05) is 38.3 Å². The van der Waals surface area contributed by atoms with Gasteiger partial charge in [0.2, 0.25) is 0 Å². The zero-order chi connectivity index (χ0) is 20.9. The first-order valence-electron chi connectivity index (χ1n) is 9.98. The Morgan fingerprint density at radius 1 is 1.03 bits per heavy atom. The van der Waals surface area contributed by atoms with Crippen molar-refractivity contribution in [2.45, 2.75) is 12.8 Å². The second-order valence-corrected chi connectivity index (χ2v) is 7.34. The average molecular weight is 408 g/mol. The minimum atomic E-state index is -1.13. The lowest BCUT2D eigenvalue weighted by molar-refractivity contribution is 0.181. The van der Waals surface area contributed by atoms with Crippen molar-refractivity contribution in [1.82, 2.24) is 15.2 Å². The molecule has 7 heteroatoms. The molecule has 1 unspecified atom stereocenters. The molecule has 3 aromatic rings. The number of aliphatic hydroxyl groups is 1. The van der Waals surface area contributed by atoms with E-state index in [0.29, 0.717) is 17.2 Å². The smallest absolute Gasteiger partial charge is 0.145 e. The zero-order valence-electron chi connectivity index (χ0n) is 16.6. The zero-order valence-corrected chi connectivity index (χ0v) is 16.6. The van der Waals surface area contributed by atoms with Gasteiger partial charge in [-0.1, -0.05) is 0 Å². The second-order valence-electron chi connectivity index (χ2n) is 7.34. The van der Waals surface area contributed by atoms with Crippen LogP contribution in [0, 0.1) is 5.82 Å². The van der Waals surface area contributed by atoms with Gasteiger partial charge >= 0.3 is 0 Å². The predicted molar refractivity (Wildman–Crippen MR) is 113 cm³/mol. The number of hydrogen-bond acceptors (Lipinski definition) is 6. The summed E-state index contributed by atoms with van der Waals surface area (Å²) in [7, 11) is 0. The number of nitrogens with two attached hydrogens (primary N) is 1. The fraction of sp³-hybridized carbons (Fsp3) is 0.261. The van der Waals surface area contributed by atoms with Gasteiger partial charge in [0.15, 0.2) is 0 Å². The Kier molecular flexibility index (Phi) is 6.35. The van der Waals surface area contributed by atoms with E-state index in [9.17, 15) is 9.50 Å². The maximum absolute atomic E-state index is 13.0. The number of ether oxygens (including phenoxy) is 1. The number of halogens is 1. The van der Waals surface area contributed by atoms with Crippen molar-refractivity contribution >= 4 is 0 Å². The monoisotopic (exact) mass is 408 g/mol. The molecular formula is C23H25FN4O2. The summed E-state index contributed by atoms with van der Waals surface area (Å²) in [5.41, 5.74) is 8.86. The van der Waals surface area contributed by atoms with Crippen LogP contribution in [0.2, 0.25) is 0 Å². The highest BCUT2D eigenvalue weighted by Crippen LogP contribution is 2.27. The van der Waals surface area contributed by atoms with Crippen molar-refractivity contribution in [1.29, 1.82) is 0 Å². The maximum Gasteiger partial charge on any atom is 0.145 e. The molecule has 4 rings (SSSR count). The van der Waals surface area contributed by atoms with E-state index in [2.05, 4.69) is 15.2 Å². The summed E-state index contributed by atoms with van der Waals surface area (Å²) in [4.78, 5) is 6.89. The normalized spacial score (nSPS) is 15.7. The molecule has 0 radical (unpaired) electrons. The quantitative estimate of drug-likeness (QED) is 0.544. The van der Waals surface area contributed by atoms with Crippen LogP contribution in [0.4, 0.5) is 4.39 Å². The molecule has 4 N–H and O–H groups in total.